The Hall–Kier alpha value is -0.950. The van der Waals surface area contributed by atoms with Crippen molar-refractivity contribution in [2.75, 3.05) is 0 Å². The molecule has 6 nitrogen and oxygen atoms in total. The Morgan fingerprint density at radius 3 is 2.45 bits per heavy atom. The summed E-state index contributed by atoms with van der Waals surface area (Å²) in [5.74, 6) is -2.80. The second-order valence-corrected chi connectivity index (χ2v) is 12.5. The van der Waals surface area contributed by atoms with E-state index in [0.717, 1.165) is 38.5 Å². The van der Waals surface area contributed by atoms with E-state index in [2.05, 4.69) is 26.8 Å². The van der Waals surface area contributed by atoms with Crippen LogP contribution in [0.1, 0.15) is 85.5 Å². The number of aliphatic hydroxyl groups is 4. The summed E-state index contributed by atoms with van der Waals surface area (Å²) in [6.45, 7) is 8.26. The molecule has 3 saturated carbocycles. The van der Waals surface area contributed by atoms with Crippen LogP contribution < -0.4 is 0 Å². The second-order valence-electron chi connectivity index (χ2n) is 12.5. The fourth-order valence-electron chi connectivity index (χ4n) is 8.66. The third-order valence-corrected chi connectivity index (χ3v) is 10.9. The smallest absolute Gasteiger partial charge is 0.311 e. The molecule has 0 aromatic rings. The molecular formula is C27H44O6. The highest BCUT2D eigenvalue weighted by Gasteiger charge is 2.61. The van der Waals surface area contributed by atoms with Gasteiger partial charge in [-0.05, 0) is 98.7 Å². The van der Waals surface area contributed by atoms with E-state index < -0.39 is 23.8 Å². The molecule has 4 rings (SSSR count). The first-order valence-electron chi connectivity index (χ1n) is 13.1. The molecule has 4 aliphatic rings. The van der Waals surface area contributed by atoms with Gasteiger partial charge in [0.2, 0.25) is 0 Å². The van der Waals surface area contributed by atoms with Gasteiger partial charge in [0.1, 0.15) is 5.92 Å². The maximum Gasteiger partial charge on any atom is 0.311 e. The van der Waals surface area contributed by atoms with Crippen molar-refractivity contribution in [3.05, 3.63) is 11.6 Å². The number of aliphatic hydroxyl groups excluding tert-OH is 2. The summed E-state index contributed by atoms with van der Waals surface area (Å²) < 4.78 is 0. The van der Waals surface area contributed by atoms with Gasteiger partial charge in [-0.25, -0.2) is 0 Å². The number of rotatable bonds is 6. The quantitative estimate of drug-likeness (QED) is 0.302. The number of hydrogen-bond donors (Lipinski definition) is 5. The molecule has 7 unspecified atom stereocenters. The van der Waals surface area contributed by atoms with Crippen LogP contribution in [0, 0.1) is 46.3 Å². The third-order valence-electron chi connectivity index (χ3n) is 10.9. The summed E-state index contributed by atoms with van der Waals surface area (Å²) in [6, 6.07) is 0. The van der Waals surface area contributed by atoms with E-state index in [0.29, 0.717) is 30.6 Å². The SMILES string of the molecule is CC(CCC(O)(O)C(C)C(=O)O)C1CCC2C3C(O)C=C4C[C@@H](O)CC[C@]4(C)C3CC[C@]12C. The number of carbonyl (C=O) groups is 1. The number of carboxylic acids is 1. The van der Waals surface area contributed by atoms with Gasteiger partial charge < -0.3 is 25.5 Å². The molecule has 3 fully saturated rings. The highest BCUT2D eigenvalue weighted by molar-refractivity contribution is 5.70. The molecule has 0 amide bonds. The van der Waals surface area contributed by atoms with Gasteiger partial charge >= 0.3 is 5.97 Å². The Balaban J connectivity index is 1.50. The maximum absolute atomic E-state index is 11.3. The largest absolute Gasteiger partial charge is 0.481 e. The summed E-state index contributed by atoms with van der Waals surface area (Å²) in [5, 5.41) is 51.3. The van der Waals surface area contributed by atoms with Gasteiger partial charge in [0.05, 0.1) is 12.2 Å². The summed E-state index contributed by atoms with van der Waals surface area (Å²) in [4.78, 5) is 11.2. The lowest BCUT2D eigenvalue weighted by Gasteiger charge is -2.59. The first-order valence-corrected chi connectivity index (χ1v) is 13.1. The van der Waals surface area contributed by atoms with Crippen LogP contribution in [0.2, 0.25) is 0 Å². The topological polar surface area (TPSA) is 118 Å². The zero-order valence-corrected chi connectivity index (χ0v) is 20.7. The molecule has 0 saturated heterocycles. The normalized spacial score (nSPS) is 44.8. The predicted octanol–water partition coefficient (Wildman–Crippen LogP) is 3.72. The van der Waals surface area contributed by atoms with Crippen LogP contribution >= 0.6 is 0 Å². The van der Waals surface area contributed by atoms with E-state index in [1.165, 1.54) is 12.5 Å². The molecule has 33 heavy (non-hydrogen) atoms. The molecule has 0 aromatic heterocycles. The van der Waals surface area contributed by atoms with Crippen LogP contribution in [0.4, 0.5) is 0 Å². The molecule has 188 valence electrons. The fraction of sp³-hybridized carbons (Fsp3) is 0.889. The van der Waals surface area contributed by atoms with E-state index >= 15 is 0 Å². The highest BCUT2D eigenvalue weighted by Crippen LogP contribution is 2.67. The van der Waals surface area contributed by atoms with Gasteiger partial charge in [0.25, 0.3) is 0 Å². The third kappa shape index (κ3) is 4.09. The fourth-order valence-corrected chi connectivity index (χ4v) is 8.66. The van der Waals surface area contributed by atoms with Crippen molar-refractivity contribution in [2.24, 2.45) is 46.3 Å². The second kappa shape index (κ2) is 8.61. The van der Waals surface area contributed by atoms with Gasteiger partial charge in [0, 0.05) is 6.42 Å². The molecule has 0 spiro atoms. The summed E-state index contributed by atoms with van der Waals surface area (Å²) in [6.07, 6.45) is 8.85. The molecule has 5 N–H and O–H groups in total. The Morgan fingerprint density at radius 2 is 1.79 bits per heavy atom. The van der Waals surface area contributed by atoms with Crippen LogP contribution in [0.15, 0.2) is 11.6 Å². The Labute approximate surface area is 198 Å². The first-order chi connectivity index (χ1) is 15.3. The minimum atomic E-state index is -2.20. The number of fused-ring (bicyclic) bond motifs is 5. The van der Waals surface area contributed by atoms with Gasteiger partial charge in [-0.1, -0.05) is 32.4 Å². The maximum atomic E-state index is 11.3. The molecular weight excluding hydrogens is 420 g/mol. The van der Waals surface area contributed by atoms with E-state index in [1.807, 2.05) is 0 Å². The van der Waals surface area contributed by atoms with Crippen LogP contribution in [-0.2, 0) is 4.79 Å². The molecule has 0 heterocycles. The lowest BCUT2D eigenvalue weighted by Crippen LogP contribution is -2.55. The van der Waals surface area contributed by atoms with Crippen molar-refractivity contribution in [3.8, 4) is 0 Å². The predicted molar refractivity (Wildman–Crippen MR) is 125 cm³/mol. The van der Waals surface area contributed by atoms with E-state index in [4.69, 9.17) is 0 Å². The number of hydrogen-bond acceptors (Lipinski definition) is 5. The van der Waals surface area contributed by atoms with Gasteiger partial charge in [0.15, 0.2) is 5.79 Å². The van der Waals surface area contributed by atoms with E-state index in [-0.39, 0.29) is 35.2 Å². The van der Waals surface area contributed by atoms with E-state index in [9.17, 15) is 30.3 Å². The molecule has 4 aliphatic carbocycles. The van der Waals surface area contributed by atoms with Crippen LogP contribution in [-0.4, -0.2) is 49.5 Å². The molecule has 0 aromatic carbocycles. The highest BCUT2D eigenvalue weighted by atomic mass is 16.5. The minimum absolute atomic E-state index is 0.0556. The molecule has 0 bridgehead atoms. The molecule has 0 radical (unpaired) electrons. The van der Waals surface area contributed by atoms with Gasteiger partial charge in [-0.3, -0.25) is 4.79 Å². The molecule has 0 aliphatic heterocycles. The van der Waals surface area contributed by atoms with Crippen LogP contribution in [0.3, 0.4) is 0 Å². The summed E-state index contributed by atoms with van der Waals surface area (Å²) >= 11 is 0. The van der Waals surface area contributed by atoms with E-state index in [1.54, 1.807) is 0 Å². The van der Waals surface area contributed by atoms with Gasteiger partial charge in [-0.2, -0.15) is 0 Å². The van der Waals surface area contributed by atoms with Crippen molar-refractivity contribution in [3.63, 3.8) is 0 Å². The van der Waals surface area contributed by atoms with Gasteiger partial charge in [-0.15, -0.1) is 0 Å². The van der Waals surface area contributed by atoms with Crippen LogP contribution in [0.5, 0.6) is 0 Å². The Kier molecular flexibility index (Phi) is 6.57. The summed E-state index contributed by atoms with van der Waals surface area (Å²) in [5.41, 5.74) is 1.44. The van der Waals surface area contributed by atoms with Crippen molar-refractivity contribution < 1.29 is 30.3 Å². The average Bonchev–Trinajstić information content (AvgIpc) is 3.10. The standard InChI is InChI=1S/C27H44O6/c1-15(7-12-27(32,33)16(2)24(30)31)19-5-6-20-23-21(9-11-26(19,20)4)25(3)10-8-18(28)13-17(25)14-22(23)29/h14-16,18-23,28-29,32-33H,5-13H2,1-4H3,(H,30,31)/t15?,16?,18-,19?,20?,21?,22?,23?,25-,26+/m0/s1. The first kappa shape index (κ1) is 25.2. The lowest BCUT2D eigenvalue weighted by atomic mass is 9.46. The van der Waals surface area contributed by atoms with Crippen LogP contribution in [0.25, 0.3) is 0 Å². The lowest BCUT2D eigenvalue weighted by molar-refractivity contribution is -0.211. The van der Waals surface area contributed by atoms with Crippen molar-refractivity contribution in [1.82, 2.24) is 0 Å². The summed E-state index contributed by atoms with van der Waals surface area (Å²) in [7, 11) is 0. The number of aliphatic carboxylic acids is 1. The zero-order valence-electron chi connectivity index (χ0n) is 20.7. The van der Waals surface area contributed by atoms with Crippen molar-refractivity contribution >= 4 is 5.97 Å². The van der Waals surface area contributed by atoms with Crippen molar-refractivity contribution in [1.29, 1.82) is 0 Å². The Bertz CT molecular complexity index is 791. The Morgan fingerprint density at radius 1 is 1.09 bits per heavy atom. The minimum Gasteiger partial charge on any atom is -0.481 e. The molecule has 10 atom stereocenters. The molecule has 6 heteroatoms. The number of carboxylic acid groups (broad SMARTS) is 1. The van der Waals surface area contributed by atoms with Crippen molar-refractivity contribution in [2.45, 2.75) is 103 Å². The average molecular weight is 465 g/mol. The zero-order chi connectivity index (χ0) is 24.3. The monoisotopic (exact) mass is 464 g/mol.